The lowest BCUT2D eigenvalue weighted by atomic mass is 10.1. The molecule has 0 aliphatic rings. The van der Waals surface area contributed by atoms with Gasteiger partial charge in [0.05, 0.1) is 11.9 Å². The number of rotatable bonds is 6. The Morgan fingerprint density at radius 1 is 1.30 bits per heavy atom. The molecule has 2 aromatic rings. The molecular formula is C14H17N3O3. The number of hydrogen-bond donors (Lipinski definition) is 3. The molecule has 1 aromatic heterocycles. The second-order valence-electron chi connectivity index (χ2n) is 4.46. The summed E-state index contributed by atoms with van der Waals surface area (Å²) in [6.45, 7) is 1.40. The van der Waals surface area contributed by atoms with Crippen molar-refractivity contribution in [3.05, 3.63) is 42.5 Å². The van der Waals surface area contributed by atoms with E-state index < -0.39 is 0 Å². The highest BCUT2D eigenvalue weighted by molar-refractivity contribution is 5.96. The maximum atomic E-state index is 11.8. The quantitative estimate of drug-likeness (QED) is 0.697. The van der Waals surface area contributed by atoms with Gasteiger partial charge in [-0.15, -0.1) is 0 Å². The zero-order chi connectivity index (χ0) is 14.4. The van der Waals surface area contributed by atoms with E-state index in [4.69, 9.17) is 5.11 Å². The molecule has 3 N–H and O–H groups in total. The predicted octanol–water partition coefficient (Wildman–Crippen LogP) is 1.50. The van der Waals surface area contributed by atoms with Gasteiger partial charge in [-0.3, -0.25) is 4.79 Å². The molecule has 2 rings (SSSR count). The van der Waals surface area contributed by atoms with Crippen LogP contribution in [-0.2, 0) is 6.54 Å². The lowest BCUT2D eigenvalue weighted by molar-refractivity contribution is 0.0950. The van der Waals surface area contributed by atoms with Gasteiger partial charge >= 0.3 is 0 Å². The van der Waals surface area contributed by atoms with E-state index >= 15 is 0 Å². The third kappa shape index (κ3) is 3.74. The molecule has 6 nitrogen and oxygen atoms in total. The van der Waals surface area contributed by atoms with Crippen LogP contribution in [0.25, 0.3) is 0 Å². The molecule has 0 aliphatic carbocycles. The summed E-state index contributed by atoms with van der Waals surface area (Å²) >= 11 is 0. The first-order valence-electron chi connectivity index (χ1n) is 6.43. The number of benzene rings is 1. The first-order chi connectivity index (χ1) is 9.66. The molecule has 0 unspecified atom stereocenters. The van der Waals surface area contributed by atoms with Crippen LogP contribution < -0.4 is 5.32 Å². The molecule has 0 saturated carbocycles. The maximum absolute atomic E-state index is 11.8. The van der Waals surface area contributed by atoms with Crippen molar-refractivity contribution in [3.8, 4) is 11.5 Å². The number of hydrogen-bond acceptors (Lipinski definition) is 4. The van der Waals surface area contributed by atoms with Gasteiger partial charge in [-0.2, -0.15) is 0 Å². The molecule has 1 heterocycles. The number of carbonyl (C=O) groups is 1. The predicted molar refractivity (Wildman–Crippen MR) is 73.6 cm³/mol. The lowest BCUT2D eigenvalue weighted by Gasteiger charge is -2.07. The third-order valence-electron chi connectivity index (χ3n) is 2.91. The largest absolute Gasteiger partial charge is 0.508 e. The molecule has 106 valence electrons. The summed E-state index contributed by atoms with van der Waals surface area (Å²) in [4.78, 5) is 15.8. The van der Waals surface area contributed by atoms with Crippen LogP contribution in [0.15, 0.2) is 36.9 Å². The molecule has 6 heteroatoms. The molecule has 0 fully saturated rings. The molecule has 0 spiro atoms. The number of phenols is 2. The number of aryl methyl sites for hydroxylation is 1. The van der Waals surface area contributed by atoms with Crippen molar-refractivity contribution >= 4 is 5.91 Å². The lowest BCUT2D eigenvalue weighted by Crippen LogP contribution is -2.24. The van der Waals surface area contributed by atoms with Crippen LogP contribution in [0.4, 0.5) is 0 Å². The van der Waals surface area contributed by atoms with E-state index in [1.165, 1.54) is 12.1 Å². The number of imidazole rings is 1. The topological polar surface area (TPSA) is 87.4 Å². The number of aromatic nitrogens is 2. The van der Waals surface area contributed by atoms with Crippen molar-refractivity contribution in [2.75, 3.05) is 6.54 Å². The Morgan fingerprint density at radius 3 is 2.85 bits per heavy atom. The fraction of sp³-hybridized carbons (Fsp3) is 0.286. The van der Waals surface area contributed by atoms with Gasteiger partial charge in [-0.05, 0) is 25.0 Å². The Kier molecular flexibility index (Phi) is 4.60. The van der Waals surface area contributed by atoms with E-state index in [1.807, 2.05) is 10.8 Å². The molecule has 0 radical (unpaired) electrons. The standard InChI is InChI=1S/C14H17N3O3/c18-11-3-4-12(13(19)9-11)14(20)16-5-1-2-7-17-8-6-15-10-17/h3-4,6,8-10,18-19H,1-2,5,7H2,(H,16,20). The van der Waals surface area contributed by atoms with Crippen molar-refractivity contribution in [1.82, 2.24) is 14.9 Å². The molecule has 0 atom stereocenters. The van der Waals surface area contributed by atoms with E-state index in [1.54, 1.807) is 12.5 Å². The van der Waals surface area contributed by atoms with Crippen LogP contribution in [0, 0.1) is 0 Å². The summed E-state index contributed by atoms with van der Waals surface area (Å²) in [6.07, 6.45) is 7.15. The molecule has 20 heavy (non-hydrogen) atoms. The smallest absolute Gasteiger partial charge is 0.255 e. The van der Waals surface area contributed by atoms with Gasteiger partial charge in [0.2, 0.25) is 0 Å². The van der Waals surface area contributed by atoms with Gasteiger partial charge in [0.15, 0.2) is 0 Å². The Labute approximate surface area is 116 Å². The SMILES string of the molecule is O=C(NCCCCn1ccnc1)c1ccc(O)cc1O. The monoisotopic (exact) mass is 275 g/mol. The van der Waals surface area contributed by atoms with Gasteiger partial charge in [-0.1, -0.05) is 0 Å². The second-order valence-corrected chi connectivity index (χ2v) is 4.46. The van der Waals surface area contributed by atoms with Crippen LogP contribution >= 0.6 is 0 Å². The minimum atomic E-state index is -0.342. The van der Waals surface area contributed by atoms with E-state index in [0.717, 1.165) is 25.5 Å². The normalized spacial score (nSPS) is 10.4. The number of nitrogens with one attached hydrogen (secondary N) is 1. The highest BCUT2D eigenvalue weighted by atomic mass is 16.3. The first kappa shape index (κ1) is 13.9. The summed E-state index contributed by atoms with van der Waals surface area (Å²) in [5.74, 6) is -0.634. The van der Waals surface area contributed by atoms with Crippen LogP contribution in [0.5, 0.6) is 11.5 Å². The summed E-state index contributed by atoms with van der Waals surface area (Å²) in [5.41, 5.74) is 0.164. The van der Waals surface area contributed by atoms with Gasteiger partial charge in [0, 0.05) is 31.5 Å². The number of carbonyl (C=O) groups excluding carboxylic acids is 1. The summed E-state index contributed by atoms with van der Waals surface area (Å²) in [6, 6.07) is 3.91. The zero-order valence-electron chi connectivity index (χ0n) is 11.0. The van der Waals surface area contributed by atoms with Gasteiger partial charge in [0.1, 0.15) is 11.5 Å². The summed E-state index contributed by atoms with van der Waals surface area (Å²) < 4.78 is 1.98. The Hall–Kier alpha value is -2.50. The summed E-state index contributed by atoms with van der Waals surface area (Å²) in [7, 11) is 0. The average Bonchev–Trinajstić information content (AvgIpc) is 2.91. The summed E-state index contributed by atoms with van der Waals surface area (Å²) in [5, 5.41) is 21.4. The molecule has 1 amide bonds. The van der Waals surface area contributed by atoms with Crippen LogP contribution in [0.2, 0.25) is 0 Å². The minimum absolute atomic E-state index is 0.0700. The van der Waals surface area contributed by atoms with Gasteiger partial charge in [-0.25, -0.2) is 4.98 Å². The number of aromatic hydroxyl groups is 2. The Bertz CT molecular complexity index is 567. The molecule has 0 saturated heterocycles. The number of unbranched alkanes of at least 4 members (excludes halogenated alkanes) is 1. The van der Waals surface area contributed by atoms with E-state index in [0.29, 0.717) is 6.54 Å². The number of nitrogens with zero attached hydrogens (tertiary/aromatic N) is 2. The molecule has 0 bridgehead atoms. The van der Waals surface area contributed by atoms with Crippen molar-refractivity contribution in [2.24, 2.45) is 0 Å². The molecule has 1 aromatic carbocycles. The fourth-order valence-electron chi connectivity index (χ4n) is 1.85. The van der Waals surface area contributed by atoms with E-state index in [-0.39, 0.29) is 23.0 Å². The van der Waals surface area contributed by atoms with E-state index in [9.17, 15) is 9.90 Å². The number of phenolic OH excluding ortho intramolecular Hbond substituents is 2. The fourth-order valence-corrected chi connectivity index (χ4v) is 1.85. The van der Waals surface area contributed by atoms with Crippen molar-refractivity contribution in [1.29, 1.82) is 0 Å². The maximum Gasteiger partial charge on any atom is 0.255 e. The van der Waals surface area contributed by atoms with Crippen LogP contribution in [0.3, 0.4) is 0 Å². The van der Waals surface area contributed by atoms with Gasteiger partial charge < -0.3 is 20.1 Å². The second kappa shape index (κ2) is 6.60. The van der Waals surface area contributed by atoms with E-state index in [2.05, 4.69) is 10.3 Å². The minimum Gasteiger partial charge on any atom is -0.508 e. The van der Waals surface area contributed by atoms with Gasteiger partial charge in [0.25, 0.3) is 5.91 Å². The molecule has 0 aliphatic heterocycles. The third-order valence-corrected chi connectivity index (χ3v) is 2.91. The van der Waals surface area contributed by atoms with Crippen LogP contribution in [0.1, 0.15) is 23.2 Å². The Morgan fingerprint density at radius 2 is 2.15 bits per heavy atom. The van der Waals surface area contributed by atoms with Crippen molar-refractivity contribution in [3.63, 3.8) is 0 Å². The highest BCUT2D eigenvalue weighted by Gasteiger charge is 2.10. The van der Waals surface area contributed by atoms with Crippen LogP contribution in [-0.4, -0.2) is 32.2 Å². The first-order valence-corrected chi connectivity index (χ1v) is 6.43. The molecular weight excluding hydrogens is 258 g/mol. The van der Waals surface area contributed by atoms with Crippen molar-refractivity contribution < 1.29 is 15.0 Å². The van der Waals surface area contributed by atoms with Crippen molar-refractivity contribution in [2.45, 2.75) is 19.4 Å². The Balaban J connectivity index is 1.72. The zero-order valence-corrected chi connectivity index (χ0v) is 11.0. The number of amides is 1. The highest BCUT2D eigenvalue weighted by Crippen LogP contribution is 2.22. The average molecular weight is 275 g/mol.